The van der Waals surface area contributed by atoms with E-state index in [4.69, 9.17) is 11.6 Å². The maximum atomic E-state index is 6.13. The van der Waals surface area contributed by atoms with Crippen molar-refractivity contribution in [3.05, 3.63) is 22.7 Å². The largest absolute Gasteiger partial charge is 0.303 e. The van der Waals surface area contributed by atoms with Crippen LogP contribution in [0.3, 0.4) is 0 Å². The molecule has 0 aromatic carbocycles. The maximum absolute atomic E-state index is 6.13. The molecule has 1 fully saturated rings. The van der Waals surface area contributed by atoms with Gasteiger partial charge in [-0.1, -0.05) is 18.5 Å². The van der Waals surface area contributed by atoms with Crippen LogP contribution in [0.5, 0.6) is 0 Å². The van der Waals surface area contributed by atoms with Gasteiger partial charge in [0.05, 0.1) is 0 Å². The molecule has 0 saturated carbocycles. The van der Waals surface area contributed by atoms with Gasteiger partial charge < -0.3 is 4.90 Å². The lowest BCUT2D eigenvalue weighted by atomic mass is 10.0. The van der Waals surface area contributed by atoms with Crippen LogP contribution >= 0.6 is 11.6 Å². The van der Waals surface area contributed by atoms with E-state index in [0.717, 1.165) is 31.0 Å². The van der Waals surface area contributed by atoms with Crippen LogP contribution in [0.15, 0.2) is 6.20 Å². The second-order valence-electron chi connectivity index (χ2n) is 4.04. The molecular formula is C11H16ClN3. The monoisotopic (exact) mass is 225 g/mol. The predicted octanol–water partition coefficient (Wildman–Crippen LogP) is 2.25. The lowest BCUT2D eigenvalue weighted by Crippen LogP contribution is -2.19. The molecule has 2 rings (SSSR count). The van der Waals surface area contributed by atoms with Gasteiger partial charge in [0.25, 0.3) is 0 Å². The van der Waals surface area contributed by atoms with Gasteiger partial charge >= 0.3 is 0 Å². The molecule has 0 spiro atoms. The highest BCUT2D eigenvalue weighted by molar-refractivity contribution is 6.30. The van der Waals surface area contributed by atoms with Gasteiger partial charge in [-0.2, -0.15) is 0 Å². The summed E-state index contributed by atoms with van der Waals surface area (Å²) in [6.07, 6.45) is 3.05. The van der Waals surface area contributed by atoms with Crippen molar-refractivity contribution in [2.45, 2.75) is 26.2 Å². The highest BCUT2D eigenvalue weighted by Gasteiger charge is 2.25. The first kappa shape index (κ1) is 10.8. The van der Waals surface area contributed by atoms with Crippen LogP contribution in [-0.4, -0.2) is 34.5 Å². The lowest BCUT2D eigenvalue weighted by Gasteiger charge is -2.13. The highest BCUT2D eigenvalue weighted by atomic mass is 35.5. The third kappa shape index (κ3) is 2.29. The molecule has 15 heavy (non-hydrogen) atoms. The van der Waals surface area contributed by atoms with Crippen LogP contribution in [0.2, 0.25) is 5.15 Å². The summed E-state index contributed by atoms with van der Waals surface area (Å²) < 4.78 is 0. The molecule has 1 aromatic rings. The van der Waals surface area contributed by atoms with E-state index in [-0.39, 0.29) is 0 Å². The third-order valence-corrected chi connectivity index (χ3v) is 3.35. The Morgan fingerprint density at radius 3 is 3.00 bits per heavy atom. The Morgan fingerprint density at radius 2 is 2.40 bits per heavy atom. The fraction of sp³-hybridized carbons (Fsp3) is 0.636. The molecule has 1 atom stereocenters. The molecule has 0 aliphatic carbocycles. The number of hydrogen-bond donors (Lipinski definition) is 0. The summed E-state index contributed by atoms with van der Waals surface area (Å²) in [5.74, 6) is 1.26. The van der Waals surface area contributed by atoms with Gasteiger partial charge in [-0.05, 0) is 26.4 Å². The number of aryl methyl sites for hydroxylation is 1. The van der Waals surface area contributed by atoms with Gasteiger partial charge in [-0.25, -0.2) is 9.97 Å². The van der Waals surface area contributed by atoms with Gasteiger partial charge in [0.15, 0.2) is 0 Å². The molecule has 1 saturated heterocycles. The number of likely N-dealkylation sites (tertiary alicyclic amines) is 1. The van der Waals surface area contributed by atoms with Crippen molar-refractivity contribution in [2.24, 2.45) is 0 Å². The molecule has 0 bridgehead atoms. The summed E-state index contributed by atoms with van der Waals surface area (Å²) in [7, 11) is 0. The van der Waals surface area contributed by atoms with E-state index in [1.54, 1.807) is 0 Å². The van der Waals surface area contributed by atoms with Crippen molar-refractivity contribution in [1.82, 2.24) is 14.9 Å². The summed E-state index contributed by atoms with van der Waals surface area (Å²) in [6, 6.07) is 0. The smallest absolute Gasteiger partial charge is 0.136 e. The minimum absolute atomic E-state index is 0.512. The average molecular weight is 226 g/mol. The summed E-state index contributed by atoms with van der Waals surface area (Å²) in [4.78, 5) is 10.9. The summed E-state index contributed by atoms with van der Waals surface area (Å²) in [6.45, 7) is 7.41. The van der Waals surface area contributed by atoms with E-state index in [1.807, 2.05) is 13.1 Å². The predicted molar refractivity (Wildman–Crippen MR) is 61.3 cm³/mol. The fourth-order valence-corrected chi connectivity index (χ4v) is 2.42. The summed E-state index contributed by atoms with van der Waals surface area (Å²) in [5.41, 5.74) is 1.11. The van der Waals surface area contributed by atoms with Crippen molar-refractivity contribution < 1.29 is 0 Å². The van der Waals surface area contributed by atoms with Gasteiger partial charge in [0.2, 0.25) is 0 Å². The number of halogens is 1. The van der Waals surface area contributed by atoms with E-state index in [9.17, 15) is 0 Å². The fourth-order valence-electron chi connectivity index (χ4n) is 2.10. The molecule has 82 valence electrons. The molecular weight excluding hydrogens is 210 g/mol. The van der Waals surface area contributed by atoms with E-state index in [2.05, 4.69) is 21.8 Å². The van der Waals surface area contributed by atoms with Crippen molar-refractivity contribution in [3.8, 4) is 0 Å². The van der Waals surface area contributed by atoms with Crippen LogP contribution in [-0.2, 0) is 0 Å². The Kier molecular flexibility index (Phi) is 3.22. The van der Waals surface area contributed by atoms with E-state index in [0.29, 0.717) is 11.1 Å². The lowest BCUT2D eigenvalue weighted by molar-refractivity contribution is 0.354. The molecule has 1 aromatic heterocycles. The van der Waals surface area contributed by atoms with Crippen molar-refractivity contribution in [3.63, 3.8) is 0 Å². The zero-order valence-corrected chi connectivity index (χ0v) is 9.96. The number of aromatic nitrogens is 2. The van der Waals surface area contributed by atoms with E-state index in [1.165, 1.54) is 6.42 Å². The summed E-state index contributed by atoms with van der Waals surface area (Å²) in [5, 5.41) is 0.630. The Bertz CT molecular complexity index is 354. The maximum Gasteiger partial charge on any atom is 0.136 e. The van der Waals surface area contributed by atoms with Gasteiger partial charge in [-0.3, -0.25) is 0 Å². The number of nitrogens with zero attached hydrogens (tertiary/aromatic N) is 3. The summed E-state index contributed by atoms with van der Waals surface area (Å²) >= 11 is 6.13. The van der Waals surface area contributed by atoms with Crippen LogP contribution in [0.1, 0.15) is 30.7 Å². The first-order valence-electron chi connectivity index (χ1n) is 5.42. The van der Waals surface area contributed by atoms with Crippen molar-refractivity contribution in [1.29, 1.82) is 0 Å². The number of hydrogen-bond acceptors (Lipinski definition) is 3. The van der Waals surface area contributed by atoms with Gasteiger partial charge in [-0.15, -0.1) is 0 Å². The topological polar surface area (TPSA) is 29.0 Å². The van der Waals surface area contributed by atoms with E-state index >= 15 is 0 Å². The Balaban J connectivity index is 2.17. The minimum atomic E-state index is 0.512. The first-order valence-corrected chi connectivity index (χ1v) is 5.80. The number of rotatable bonds is 2. The second-order valence-corrected chi connectivity index (χ2v) is 4.40. The van der Waals surface area contributed by atoms with Gasteiger partial charge in [0.1, 0.15) is 11.0 Å². The second kappa shape index (κ2) is 4.45. The van der Waals surface area contributed by atoms with Gasteiger partial charge in [0, 0.05) is 24.2 Å². The first-order chi connectivity index (χ1) is 7.20. The van der Waals surface area contributed by atoms with Crippen LogP contribution < -0.4 is 0 Å². The Labute approximate surface area is 95.5 Å². The van der Waals surface area contributed by atoms with E-state index < -0.39 is 0 Å². The minimum Gasteiger partial charge on any atom is -0.303 e. The van der Waals surface area contributed by atoms with Crippen LogP contribution in [0, 0.1) is 6.92 Å². The molecule has 1 aliphatic rings. The molecule has 0 N–H and O–H groups in total. The normalized spacial score (nSPS) is 22.2. The molecule has 2 heterocycles. The quantitative estimate of drug-likeness (QED) is 0.723. The van der Waals surface area contributed by atoms with Crippen LogP contribution in [0.4, 0.5) is 0 Å². The standard InChI is InChI=1S/C11H16ClN3/c1-3-15-5-4-9(7-15)10-6-13-8(2)14-11(10)12/h6,9H,3-5,7H2,1-2H3. The molecule has 3 nitrogen and oxygen atoms in total. The molecule has 0 radical (unpaired) electrons. The Hall–Kier alpha value is -0.670. The Morgan fingerprint density at radius 1 is 1.60 bits per heavy atom. The molecule has 1 aliphatic heterocycles. The SMILES string of the molecule is CCN1CCC(c2cnc(C)nc2Cl)C1. The van der Waals surface area contributed by atoms with Crippen molar-refractivity contribution >= 4 is 11.6 Å². The molecule has 0 amide bonds. The highest BCUT2D eigenvalue weighted by Crippen LogP contribution is 2.30. The number of likely N-dealkylation sites (N-methyl/N-ethyl adjacent to an activating group) is 1. The molecule has 4 heteroatoms. The van der Waals surface area contributed by atoms with Crippen LogP contribution in [0.25, 0.3) is 0 Å². The van der Waals surface area contributed by atoms with Crippen molar-refractivity contribution in [2.75, 3.05) is 19.6 Å². The average Bonchev–Trinajstić information content (AvgIpc) is 2.66. The zero-order valence-electron chi connectivity index (χ0n) is 9.20. The zero-order chi connectivity index (χ0) is 10.8. The third-order valence-electron chi connectivity index (χ3n) is 3.05. The molecule has 1 unspecified atom stereocenters.